The number of benzene rings is 1. The molecule has 7 nitrogen and oxygen atoms in total. The van der Waals surface area contributed by atoms with Gasteiger partial charge in [0.2, 0.25) is 10.0 Å². The minimum atomic E-state index is -3.37. The molecule has 39 heavy (non-hydrogen) atoms. The number of anilines is 1. The van der Waals surface area contributed by atoms with Gasteiger partial charge in [-0.2, -0.15) is 0 Å². The molecule has 1 saturated heterocycles. The van der Waals surface area contributed by atoms with Gasteiger partial charge in [0, 0.05) is 23.2 Å². The van der Waals surface area contributed by atoms with Crippen LogP contribution in [0, 0.1) is 11.3 Å². The summed E-state index contributed by atoms with van der Waals surface area (Å²) in [5.74, 6) is 0.797. The van der Waals surface area contributed by atoms with Crippen LogP contribution in [-0.4, -0.2) is 50.0 Å². The Morgan fingerprint density at radius 1 is 1.21 bits per heavy atom. The number of aromatic nitrogens is 1. The number of carbonyl (C=O) groups is 1. The first-order valence-electron chi connectivity index (χ1n) is 13.7. The zero-order chi connectivity index (χ0) is 27.1. The van der Waals surface area contributed by atoms with Crippen molar-refractivity contribution in [3.05, 3.63) is 58.1 Å². The van der Waals surface area contributed by atoms with Gasteiger partial charge in [0.25, 0.3) is 0 Å². The number of carbonyl (C=O) groups excluding carboxylic acids is 1. The summed E-state index contributed by atoms with van der Waals surface area (Å²) in [7, 11) is -3.37. The van der Waals surface area contributed by atoms with E-state index in [1.54, 1.807) is 6.07 Å². The first-order valence-corrected chi connectivity index (χ1v) is 16.4. The van der Waals surface area contributed by atoms with Gasteiger partial charge in [-0.15, -0.1) is 11.3 Å². The van der Waals surface area contributed by atoms with Crippen LogP contribution in [0.4, 0.5) is 5.69 Å². The molecule has 1 fully saturated rings. The highest BCUT2D eigenvalue weighted by atomic mass is 32.2. The second-order valence-corrected chi connectivity index (χ2v) is 15.0. The largest absolute Gasteiger partial charge is 0.369 e. The van der Waals surface area contributed by atoms with E-state index in [1.165, 1.54) is 29.0 Å². The normalized spacial score (nSPS) is 18.6. The van der Waals surface area contributed by atoms with Crippen molar-refractivity contribution < 1.29 is 13.2 Å². The molecule has 5 N–H and O–H groups in total. The molecule has 3 aromatic rings. The van der Waals surface area contributed by atoms with Gasteiger partial charge in [0.15, 0.2) is 5.78 Å². The third-order valence-corrected chi connectivity index (χ3v) is 9.90. The van der Waals surface area contributed by atoms with Gasteiger partial charge >= 0.3 is 0 Å². The van der Waals surface area contributed by atoms with Crippen LogP contribution < -0.4 is 10.9 Å². The lowest BCUT2D eigenvalue weighted by molar-refractivity contribution is 0.0970. The summed E-state index contributed by atoms with van der Waals surface area (Å²) in [5.41, 5.74) is 4.35. The zero-order valence-corrected chi connectivity index (χ0v) is 25.6. The molecule has 2 aliphatic rings. The van der Waals surface area contributed by atoms with Crippen molar-refractivity contribution in [1.82, 2.24) is 16.0 Å². The van der Waals surface area contributed by atoms with Crippen LogP contribution in [0.2, 0.25) is 0 Å². The number of pyridine rings is 1. The van der Waals surface area contributed by atoms with Crippen LogP contribution in [0.15, 0.2) is 36.4 Å². The smallest absolute Gasteiger partial charge is 0.229 e. The van der Waals surface area contributed by atoms with Crippen molar-refractivity contribution in [2.24, 2.45) is 11.3 Å². The summed E-state index contributed by atoms with van der Waals surface area (Å²) >= 11 is 1.51. The van der Waals surface area contributed by atoms with Crippen molar-refractivity contribution in [2.45, 2.75) is 65.2 Å². The predicted octanol–water partition coefficient (Wildman–Crippen LogP) is 6.65. The van der Waals surface area contributed by atoms with E-state index in [0.717, 1.165) is 72.2 Å². The van der Waals surface area contributed by atoms with E-state index < -0.39 is 10.0 Å². The highest BCUT2D eigenvalue weighted by Gasteiger charge is 2.30. The molecule has 0 unspecified atom stereocenters. The first-order chi connectivity index (χ1) is 17.9. The summed E-state index contributed by atoms with van der Waals surface area (Å²) in [6, 6.07) is 11.8. The summed E-state index contributed by atoms with van der Waals surface area (Å²) in [6.07, 6.45) is 6.86. The molecule has 1 aliphatic carbocycles. The molecule has 2 aromatic heterocycles. The average molecular weight is 572 g/mol. The van der Waals surface area contributed by atoms with Gasteiger partial charge < -0.3 is 11.1 Å². The maximum atomic E-state index is 13.6. The summed E-state index contributed by atoms with van der Waals surface area (Å²) in [5, 5.41) is 1.07. The quantitative estimate of drug-likeness (QED) is 0.279. The number of likely N-dealkylation sites (tertiary alicyclic amines) is 1. The second-order valence-electron chi connectivity index (χ2n) is 12.2. The number of sulfonamides is 1. The molecule has 5 rings (SSSR count). The molecule has 1 aromatic carbocycles. The molecule has 0 spiro atoms. The molecule has 212 valence electrons. The Hall–Kier alpha value is -2.33. The minimum Gasteiger partial charge on any atom is -0.369 e. The minimum absolute atomic E-state index is 0. The Morgan fingerprint density at radius 3 is 2.64 bits per heavy atom. The predicted molar refractivity (Wildman–Crippen MR) is 163 cm³/mol. The van der Waals surface area contributed by atoms with E-state index in [0.29, 0.717) is 18.0 Å². The third-order valence-electron chi connectivity index (χ3n) is 8.21. The Bertz CT molecular complexity index is 1440. The van der Waals surface area contributed by atoms with Gasteiger partial charge in [-0.05, 0) is 104 Å². The van der Waals surface area contributed by atoms with Gasteiger partial charge in [-0.3, -0.25) is 9.52 Å². The average Bonchev–Trinajstić information content (AvgIpc) is 3.22. The molecular weight excluding hydrogens is 528 g/mol. The van der Waals surface area contributed by atoms with Crippen molar-refractivity contribution >= 4 is 43.0 Å². The second kappa shape index (κ2) is 11.6. The molecule has 0 amide bonds. The van der Waals surface area contributed by atoms with Crippen molar-refractivity contribution in [3.63, 3.8) is 0 Å². The lowest BCUT2D eigenvalue weighted by Gasteiger charge is -2.34. The van der Waals surface area contributed by atoms with E-state index in [9.17, 15) is 13.2 Å². The highest BCUT2D eigenvalue weighted by molar-refractivity contribution is 7.92. The fraction of sp³-hybridized carbons (Fsp3) is 0.533. The van der Waals surface area contributed by atoms with Gasteiger partial charge in [-0.25, -0.2) is 13.4 Å². The Kier molecular flexibility index (Phi) is 8.86. The molecule has 0 saturated carbocycles. The third kappa shape index (κ3) is 7.25. The Morgan fingerprint density at radius 2 is 1.97 bits per heavy atom. The van der Waals surface area contributed by atoms with Crippen LogP contribution in [0.5, 0.6) is 0 Å². The van der Waals surface area contributed by atoms with E-state index in [2.05, 4.69) is 36.5 Å². The number of aryl methyl sites for hydroxylation is 1. The molecular formula is C30H43N4O3S2+. The van der Waals surface area contributed by atoms with E-state index in [4.69, 9.17) is 4.98 Å². The number of Topliss-reactive ketones (excluding diaryl/α,β-unsaturated/α-hetero) is 1. The maximum absolute atomic E-state index is 13.6. The number of nitrogens with zero attached hydrogens (tertiary/aromatic N) is 2. The van der Waals surface area contributed by atoms with Crippen molar-refractivity contribution in [2.75, 3.05) is 30.6 Å². The molecule has 0 radical (unpaired) electrons. The molecule has 9 heteroatoms. The summed E-state index contributed by atoms with van der Waals surface area (Å²) < 4.78 is 26.1. The molecule has 0 bridgehead atoms. The lowest BCUT2D eigenvalue weighted by atomic mass is 9.71. The van der Waals surface area contributed by atoms with Crippen molar-refractivity contribution in [3.8, 4) is 0 Å². The zero-order valence-electron chi connectivity index (χ0n) is 23.9. The van der Waals surface area contributed by atoms with E-state index in [-0.39, 0.29) is 23.3 Å². The highest BCUT2D eigenvalue weighted by Crippen LogP contribution is 2.39. The molecule has 3 heterocycles. The first kappa shape index (κ1) is 29.6. The number of nitrogens with one attached hydrogen (secondary N) is 1. The number of ketones is 1. The Labute approximate surface area is 237 Å². The van der Waals surface area contributed by atoms with Gasteiger partial charge in [-0.1, -0.05) is 32.9 Å². The van der Waals surface area contributed by atoms with E-state index in [1.807, 2.05) is 24.3 Å². The van der Waals surface area contributed by atoms with Crippen molar-refractivity contribution in [1.29, 1.82) is 0 Å². The number of fused-ring (bicyclic) bond motifs is 2. The summed E-state index contributed by atoms with van der Waals surface area (Å²) in [6.45, 7) is 10.1. The lowest BCUT2D eigenvalue weighted by Crippen LogP contribution is -2.38. The van der Waals surface area contributed by atoms with Crippen LogP contribution >= 0.6 is 11.3 Å². The number of hydrogen-bond acceptors (Lipinski definition) is 6. The fourth-order valence-electron chi connectivity index (χ4n) is 5.72. The van der Waals surface area contributed by atoms with Crippen LogP contribution in [0.3, 0.4) is 0 Å². The van der Waals surface area contributed by atoms with Crippen LogP contribution in [0.25, 0.3) is 10.2 Å². The SMILES string of the molecule is CC(C)(C)[C@H]1CCc2nc3sc(C(=O)C[C@H](CCN4CCC4)c4cccc(NS(C)(=O)=O)c4)cc3cc2C1.[NH4+]. The number of quaternary nitrogens is 1. The number of rotatable bonds is 9. The topological polar surface area (TPSA) is 116 Å². The standard InChI is InChI=1S/C30H39N3O3S2.H3N/c1-30(2,3)24-9-10-26-22(16-24)15-23-19-28(37-29(23)31-26)27(34)18-21(11-14-33-12-6-13-33)20-7-5-8-25(17-20)32-38(4,35)36;/h5,7-8,15,17,19,21,24,32H,6,9-14,16,18H2,1-4H3;1H3/p+1/t21-,24-;/m0./s1. The van der Waals surface area contributed by atoms with Gasteiger partial charge in [0.05, 0.1) is 11.1 Å². The van der Waals surface area contributed by atoms with Crippen LogP contribution in [-0.2, 0) is 22.9 Å². The van der Waals surface area contributed by atoms with E-state index >= 15 is 0 Å². The maximum Gasteiger partial charge on any atom is 0.229 e. The summed E-state index contributed by atoms with van der Waals surface area (Å²) in [4.78, 5) is 22.7. The van der Waals surface area contributed by atoms with Gasteiger partial charge in [0.1, 0.15) is 4.83 Å². The monoisotopic (exact) mass is 571 g/mol. The number of hydrogen-bond donors (Lipinski definition) is 2. The Balaban J connectivity index is 0.00000353. The molecule has 2 atom stereocenters. The number of thiophene rings is 1. The molecule has 1 aliphatic heterocycles. The fourth-order valence-corrected chi connectivity index (χ4v) is 7.26. The van der Waals surface area contributed by atoms with Crippen LogP contribution in [0.1, 0.15) is 78.9 Å².